The van der Waals surface area contributed by atoms with Crippen molar-refractivity contribution < 1.29 is 146 Å². The molecule has 56 heteroatoms. The van der Waals surface area contributed by atoms with Crippen LogP contribution in [0.25, 0.3) is 0 Å². The molecule has 4 aliphatic rings. The lowest BCUT2D eigenvalue weighted by molar-refractivity contribution is -0.144. The first kappa shape index (κ1) is 117. The second-order valence-corrected chi connectivity index (χ2v) is 34.7. The summed E-state index contributed by atoms with van der Waals surface area (Å²) >= 11 is 0. The predicted octanol–water partition coefficient (Wildman–Crippen LogP) is -13.8. The highest BCUT2D eigenvalue weighted by atomic mass is 16.4. The van der Waals surface area contributed by atoms with Crippen LogP contribution in [-0.2, 0) is 123 Å². The number of nitrogens with zero attached hydrogens (tertiary/aromatic N) is 4. The molecule has 17 atom stereocenters. The molecule has 4 heterocycles. The fourth-order valence-electron chi connectivity index (χ4n) is 16.4. The normalized spacial score (nSPS) is 18.1. The number of amides is 22. The van der Waals surface area contributed by atoms with Crippen LogP contribution in [0, 0.1) is 5.41 Å². The Balaban J connectivity index is 1.14. The largest absolute Gasteiger partial charge is 0.508 e. The smallest absolute Gasteiger partial charge is 0.303 e. The molecule has 22 amide bonds. The van der Waals surface area contributed by atoms with E-state index in [1.54, 1.807) is 0 Å². The number of primary amides is 5. The predicted molar refractivity (Wildman–Crippen MR) is 494 cm³/mol. The van der Waals surface area contributed by atoms with Gasteiger partial charge < -0.3 is 170 Å². The van der Waals surface area contributed by atoms with Gasteiger partial charge in [-0.05, 0) is 145 Å². The molecule has 2 aromatic rings. The molecule has 0 aromatic heterocycles. The fraction of sp³-hybridized carbons (Fsp3) is 0.586. The quantitative estimate of drug-likeness (QED) is 0.0166. The zero-order valence-corrected chi connectivity index (χ0v) is 78.6. The highest BCUT2D eigenvalue weighted by Gasteiger charge is 2.47. The summed E-state index contributed by atoms with van der Waals surface area (Å²) in [5, 5.41) is 113. The molecular weight excluding hydrogens is 1890 g/mol. The SMILES string of the molecule is CC(=O)N[C@@H](CCC(=O)O)C(=O)N[C@@H](CCCNC(=N)N)C(=O)N[C@@H](CC(N)=O)C(=O)N1CCC[C@H]1C(=O)N[C@@H](Cc1ccc(O)cc1)C(=O)N[C@@H](CO)C(=O)N1CCC[C@H]1C(=O)N[C@@H](CO)C(=O)N[C@@H](CCC(N)=O)C(=O)N[C@@H](CC(N)=O)C(=O)N1CCC[C@H]1C(=O)N[C@@H](Cc1ccc(O)cc1)C(=O)N[C@@H](CO)C(=O)N1CCC[C@H]1C(=O)N[C@@H](CO)C(=O)N[C@@H](CCC(N)=O)C(=O)N[C@@H](CCCCN)C(N)=O. The number of carboxylic acids is 1. The highest BCUT2D eigenvalue weighted by molar-refractivity contribution is 6.03. The zero-order chi connectivity index (χ0) is 106. The minimum Gasteiger partial charge on any atom is -0.508 e. The number of aliphatic carboxylic acids is 1. The van der Waals surface area contributed by atoms with Crippen LogP contribution in [0.4, 0.5) is 0 Å². The number of carbonyl (C=O) groups excluding carboxylic acids is 22. The van der Waals surface area contributed by atoms with E-state index >= 15 is 0 Å². The van der Waals surface area contributed by atoms with E-state index in [1.807, 2.05) is 0 Å². The van der Waals surface area contributed by atoms with Gasteiger partial charge in [-0.2, -0.15) is 0 Å². The number of unbranched alkanes of at least 4 members (excludes halogenated alkanes) is 1. The number of likely N-dealkylation sites (tertiary alicyclic amines) is 4. The number of phenolic OH excluding ortho intramolecular Hbond substituents is 2. The number of nitrogens with two attached hydrogens (primary N) is 7. The van der Waals surface area contributed by atoms with E-state index in [0.29, 0.717) is 12.8 Å². The van der Waals surface area contributed by atoms with Crippen molar-refractivity contribution in [3.63, 3.8) is 0 Å². The van der Waals surface area contributed by atoms with Crippen LogP contribution in [0.3, 0.4) is 0 Å². The first-order valence-electron chi connectivity index (χ1n) is 46.3. The number of aliphatic hydroxyl groups is 4. The third kappa shape index (κ3) is 36.8. The van der Waals surface area contributed by atoms with Gasteiger partial charge in [0.1, 0.15) is 114 Å². The van der Waals surface area contributed by atoms with E-state index in [9.17, 15) is 146 Å². The number of aliphatic hydroxyl groups excluding tert-OH is 4. The zero-order valence-electron chi connectivity index (χ0n) is 78.6. The second kappa shape index (κ2) is 57.6. The van der Waals surface area contributed by atoms with Crippen molar-refractivity contribution in [2.45, 2.75) is 257 Å². The molecule has 0 spiro atoms. The van der Waals surface area contributed by atoms with Gasteiger partial charge in [0, 0.05) is 71.8 Å². The molecule has 0 radical (unpaired) electrons. The Morgan fingerprint density at radius 1 is 0.343 bits per heavy atom. The molecule has 0 unspecified atom stereocenters. The van der Waals surface area contributed by atoms with Gasteiger partial charge in [-0.3, -0.25) is 116 Å². The maximum Gasteiger partial charge on any atom is 0.303 e. The first-order chi connectivity index (χ1) is 67.7. The summed E-state index contributed by atoms with van der Waals surface area (Å²) in [6.07, 6.45) is -5.44. The van der Waals surface area contributed by atoms with Crippen molar-refractivity contribution in [2.24, 2.45) is 40.1 Å². The van der Waals surface area contributed by atoms with Gasteiger partial charge >= 0.3 is 5.97 Å². The lowest BCUT2D eigenvalue weighted by Gasteiger charge is -2.32. The van der Waals surface area contributed by atoms with Crippen LogP contribution in [-0.4, -0.2) is 366 Å². The summed E-state index contributed by atoms with van der Waals surface area (Å²) in [5.74, 6) is -26.0. The Hall–Kier alpha value is -15.1. The number of hydrogen-bond acceptors (Lipinski definition) is 31. The van der Waals surface area contributed by atoms with E-state index in [-0.39, 0.29) is 133 Å². The van der Waals surface area contributed by atoms with Gasteiger partial charge in [0.15, 0.2) is 5.96 Å². The number of aromatic hydroxyl groups is 2. The number of carbonyl (C=O) groups is 23. The fourth-order valence-corrected chi connectivity index (χ4v) is 16.4. The highest BCUT2D eigenvalue weighted by Crippen LogP contribution is 2.26. The number of benzene rings is 2. The molecular formula is C87H130N26O30. The first-order valence-corrected chi connectivity index (χ1v) is 46.3. The van der Waals surface area contributed by atoms with Gasteiger partial charge in [-0.15, -0.1) is 0 Å². The van der Waals surface area contributed by atoms with Crippen molar-refractivity contribution in [1.29, 1.82) is 5.41 Å². The third-order valence-corrected chi connectivity index (χ3v) is 23.8. The van der Waals surface area contributed by atoms with Crippen molar-refractivity contribution in [2.75, 3.05) is 65.7 Å². The standard InChI is InChI=1S/C87H130N26O30/c1-43(118)97-50(25-28-69(125)126)72(129)99-49(10-4-30-96-87(94)95)71(128)104-55(37-67(91)123)83(140)110-31-5-11-61(110)79(136)102-53(35-44-15-19-46(119)20-16-44)75(132)108-60(42-117)86(143)113-34-8-14-64(113)82(139)107-58(40-115)78(135)101-52(24-27-66(90)122)74(131)105-56(38-68(92)124)84(141)111-32-6-12-62(111)80(137)103-54(36-45-17-21-47(120)22-18-45)76(133)109-59(41-116)85(142)112-33-7-13-63(112)81(138)106-57(39-114)77(134)100-51(23-26-65(89)121)73(130)98-48(70(93)127)9-2-3-29-88/h15-22,48-64,114-117,119-120H,2-14,23-42,88H2,1H3,(H2,89,121)(H2,90,122)(H2,91,123)(H2,92,124)(H2,93,127)(H,97,118)(H,98,130)(H,99,129)(H,100,134)(H,101,135)(H,102,136)(H,103,137)(H,104,128)(H,105,131)(H,106,138)(H,107,139)(H,108,132)(H,109,133)(H,125,126)(H4,94,95,96)/t48-,49-,50-,51-,52-,53-,54-,55-,56-,57-,58-,59-,60-,61-,62-,63-,64-/m0/s1. The summed E-state index contributed by atoms with van der Waals surface area (Å²) < 4.78 is 0. The van der Waals surface area contributed by atoms with Crippen molar-refractivity contribution in [3.8, 4) is 11.5 Å². The summed E-state index contributed by atoms with van der Waals surface area (Å²) in [5.41, 5.74) is 39.0. The number of nitrogens with one attached hydrogen (secondary N) is 15. The van der Waals surface area contributed by atoms with Crippen molar-refractivity contribution in [3.05, 3.63) is 59.7 Å². The Morgan fingerprint density at radius 2 is 0.622 bits per heavy atom. The van der Waals surface area contributed by atoms with Crippen LogP contribution >= 0.6 is 0 Å². The minimum atomic E-state index is -2.02. The monoisotopic (exact) mass is 2020 g/mol. The number of carboxylic acid groups (broad SMARTS) is 1. The molecule has 6 rings (SSSR count). The summed E-state index contributed by atoms with van der Waals surface area (Å²) in [6.45, 7) is -4.25. The van der Waals surface area contributed by atoms with E-state index < -0.39 is 335 Å². The van der Waals surface area contributed by atoms with Crippen molar-refractivity contribution in [1.82, 2.24) is 94.0 Å². The topological polar surface area (TPSA) is 922 Å². The summed E-state index contributed by atoms with van der Waals surface area (Å²) in [6, 6.07) is -18.3. The maximum atomic E-state index is 14.8. The number of guanidine groups is 1. The van der Waals surface area contributed by atoms with Gasteiger partial charge in [0.05, 0.1) is 39.3 Å². The molecule has 0 saturated carbocycles. The number of hydrogen-bond donors (Lipinski definition) is 29. The van der Waals surface area contributed by atoms with E-state index in [4.69, 9.17) is 45.5 Å². The van der Waals surface area contributed by atoms with Crippen LogP contribution < -0.4 is 115 Å². The molecule has 56 nitrogen and oxygen atoms in total. The van der Waals surface area contributed by atoms with Crippen LogP contribution in [0.1, 0.15) is 153 Å². The molecule has 0 aliphatic carbocycles. The Bertz CT molecular complexity index is 4920. The van der Waals surface area contributed by atoms with Gasteiger partial charge in [-0.25, -0.2) is 0 Å². The Kier molecular flexibility index (Phi) is 47.0. The van der Waals surface area contributed by atoms with E-state index in [0.717, 1.165) is 26.5 Å². The average molecular weight is 2020 g/mol. The van der Waals surface area contributed by atoms with Crippen LogP contribution in [0.2, 0.25) is 0 Å². The summed E-state index contributed by atoms with van der Waals surface area (Å²) in [7, 11) is 0. The van der Waals surface area contributed by atoms with Crippen LogP contribution in [0.15, 0.2) is 48.5 Å². The van der Waals surface area contributed by atoms with Gasteiger partial charge in [-0.1, -0.05) is 24.3 Å². The lowest BCUT2D eigenvalue weighted by atomic mass is 10.0. The molecule has 0 bridgehead atoms. The second-order valence-electron chi connectivity index (χ2n) is 34.7. The molecule has 4 saturated heterocycles. The van der Waals surface area contributed by atoms with Gasteiger partial charge in [0.25, 0.3) is 0 Å². The maximum absolute atomic E-state index is 14.8. The van der Waals surface area contributed by atoms with E-state index in [1.165, 1.54) is 48.5 Å². The molecule has 36 N–H and O–H groups in total. The molecule has 2 aromatic carbocycles. The van der Waals surface area contributed by atoms with E-state index in [2.05, 4.69) is 74.4 Å². The summed E-state index contributed by atoms with van der Waals surface area (Å²) in [4.78, 5) is 318. The number of rotatable bonds is 59. The molecule has 4 aliphatic heterocycles. The number of phenols is 2. The molecule has 788 valence electrons. The van der Waals surface area contributed by atoms with Gasteiger partial charge in [0.2, 0.25) is 130 Å². The molecule has 4 fully saturated rings. The average Bonchev–Trinajstić information content (AvgIpc) is 1.71. The molecule has 143 heavy (non-hydrogen) atoms. The van der Waals surface area contributed by atoms with Crippen LogP contribution in [0.5, 0.6) is 11.5 Å². The Labute approximate surface area is 818 Å². The minimum absolute atomic E-state index is 0.0132. The third-order valence-electron chi connectivity index (χ3n) is 23.8. The lowest BCUT2D eigenvalue weighted by Crippen LogP contribution is -2.62. The van der Waals surface area contributed by atoms with Crippen molar-refractivity contribution >= 4 is 142 Å². The Morgan fingerprint density at radius 3 is 0.923 bits per heavy atom.